The maximum Gasteiger partial charge on any atom is 0.326 e. The van der Waals surface area contributed by atoms with Crippen molar-refractivity contribution in [1.29, 1.82) is 0 Å². The van der Waals surface area contributed by atoms with Crippen LogP contribution in [0.15, 0.2) is 40.4 Å². The van der Waals surface area contributed by atoms with Gasteiger partial charge >= 0.3 is 5.97 Å². The van der Waals surface area contributed by atoms with Crippen LogP contribution in [0.3, 0.4) is 0 Å². The summed E-state index contributed by atoms with van der Waals surface area (Å²) in [4.78, 5) is 119. The van der Waals surface area contributed by atoms with Gasteiger partial charge in [0.2, 0.25) is 41.4 Å². The second kappa shape index (κ2) is 34.3. The minimum atomic E-state index is -1.49. The number of benzene rings is 1. The number of carboxylic acid groups (broad SMARTS) is 1. The van der Waals surface area contributed by atoms with Crippen molar-refractivity contribution in [3.63, 3.8) is 0 Å². The number of nitrogens with one attached hydrogen (secondary N) is 7. The molecule has 0 radical (unpaired) electrons. The Morgan fingerprint density at radius 1 is 0.507 bits per heavy atom. The zero-order valence-corrected chi connectivity index (χ0v) is 41.6. The van der Waals surface area contributed by atoms with E-state index in [1.165, 1.54) is 0 Å². The normalized spacial score (nSPS) is 13.9. The molecule has 73 heavy (non-hydrogen) atoms. The Balaban J connectivity index is 2.52. The van der Waals surface area contributed by atoms with E-state index in [9.17, 15) is 43.5 Å². The molecule has 408 valence electrons. The predicted molar refractivity (Wildman–Crippen MR) is 276 cm³/mol. The molecule has 7 atom stereocenters. The minimum absolute atomic E-state index is 0.00207. The highest BCUT2D eigenvalue weighted by Gasteiger charge is 2.34. The maximum atomic E-state index is 14.5. The molecular weight excluding hydrogens is 949 g/mol. The van der Waals surface area contributed by atoms with Crippen molar-refractivity contribution in [2.45, 2.75) is 145 Å². The Bertz CT molecular complexity index is 2150. The Labute approximate surface area is 424 Å². The number of aromatic amines is 1. The maximum absolute atomic E-state index is 14.5. The molecule has 2 aromatic rings. The summed E-state index contributed by atoms with van der Waals surface area (Å²) in [5.74, 6) is -7.20. The van der Waals surface area contributed by atoms with Crippen LogP contribution >= 0.6 is 0 Å². The van der Waals surface area contributed by atoms with Gasteiger partial charge in [0.15, 0.2) is 11.9 Å². The first-order valence-corrected chi connectivity index (χ1v) is 24.7. The fraction of sp³-hybridized carbons (Fsp3) is 0.609. The van der Waals surface area contributed by atoms with E-state index in [0.29, 0.717) is 63.6 Å². The van der Waals surface area contributed by atoms with Crippen molar-refractivity contribution in [2.75, 3.05) is 32.7 Å². The summed E-state index contributed by atoms with van der Waals surface area (Å²) in [5.41, 5.74) is 51.7. The van der Waals surface area contributed by atoms with Gasteiger partial charge in [0.1, 0.15) is 36.3 Å². The zero-order valence-electron chi connectivity index (χ0n) is 41.6. The van der Waals surface area contributed by atoms with Gasteiger partial charge in [0.25, 0.3) is 0 Å². The van der Waals surface area contributed by atoms with Crippen molar-refractivity contribution in [3.05, 3.63) is 36.0 Å². The van der Waals surface area contributed by atoms with Gasteiger partial charge in [-0.3, -0.25) is 43.5 Å². The largest absolute Gasteiger partial charge is 0.480 e. The molecule has 26 N–H and O–H groups in total. The van der Waals surface area contributed by atoms with Crippen LogP contribution in [0.2, 0.25) is 0 Å². The number of guanidine groups is 2. The SMILES string of the molecule is NCCCC[C@H](NC(=O)[C@H](CCCCN)NC(=O)[C@H](Cc1c[nH]c2ccccc12)NC(=O)[C@H](CCCCN)NC(=O)[C@H](CCC(N)=O)NC(=O)[C@H](CCCN=C(N)N)NC(=O)[C@@H](N)CCCN=C(N)N)C(=O)O. The first-order chi connectivity index (χ1) is 34.8. The molecule has 0 aliphatic rings. The molecule has 1 heterocycles. The van der Waals surface area contributed by atoms with Crippen molar-refractivity contribution < 1.29 is 43.5 Å². The highest BCUT2D eigenvalue weighted by Crippen LogP contribution is 2.20. The van der Waals surface area contributed by atoms with Crippen LogP contribution in [0.4, 0.5) is 0 Å². The van der Waals surface area contributed by atoms with Crippen molar-refractivity contribution >= 4 is 70.1 Å². The topological polar surface area (TPSA) is 504 Å². The zero-order chi connectivity index (χ0) is 54.3. The Hall–Kier alpha value is -7.10. The number of para-hydroxylation sites is 1. The van der Waals surface area contributed by atoms with Gasteiger partial charge in [-0.25, -0.2) is 4.79 Å². The number of aliphatic carboxylic acids is 1. The predicted octanol–water partition coefficient (Wildman–Crippen LogP) is -4.21. The smallest absolute Gasteiger partial charge is 0.326 e. The molecule has 0 fully saturated rings. The summed E-state index contributed by atoms with van der Waals surface area (Å²) in [6.45, 7) is 1.15. The summed E-state index contributed by atoms with van der Waals surface area (Å²) in [7, 11) is 0. The number of H-pyrrole nitrogens is 1. The van der Waals surface area contributed by atoms with E-state index >= 15 is 0 Å². The molecule has 27 heteroatoms. The highest BCUT2D eigenvalue weighted by molar-refractivity contribution is 5.97. The molecular formula is C46H80N18O9. The van der Waals surface area contributed by atoms with E-state index in [-0.39, 0.29) is 89.3 Å². The summed E-state index contributed by atoms with van der Waals surface area (Å²) < 4.78 is 0. The van der Waals surface area contributed by atoms with Crippen molar-refractivity contribution in [3.8, 4) is 0 Å². The molecule has 1 aromatic carbocycles. The van der Waals surface area contributed by atoms with Gasteiger partial charge in [-0.05, 0) is 121 Å². The third-order valence-corrected chi connectivity index (χ3v) is 11.6. The number of carboxylic acids is 1. The number of aliphatic imine (C=N–C) groups is 2. The molecule has 0 saturated carbocycles. The second-order valence-corrected chi connectivity index (χ2v) is 17.6. The van der Waals surface area contributed by atoms with Crippen LogP contribution in [0.1, 0.15) is 102 Å². The van der Waals surface area contributed by atoms with Gasteiger partial charge in [-0.1, -0.05) is 18.2 Å². The van der Waals surface area contributed by atoms with E-state index in [2.05, 4.69) is 46.9 Å². The molecule has 0 spiro atoms. The Morgan fingerprint density at radius 3 is 1.37 bits per heavy atom. The average molecular weight is 1030 g/mol. The van der Waals surface area contributed by atoms with E-state index in [0.717, 1.165) is 10.9 Å². The van der Waals surface area contributed by atoms with E-state index in [1.807, 2.05) is 18.2 Å². The van der Waals surface area contributed by atoms with E-state index < -0.39 is 89.6 Å². The molecule has 1 aromatic heterocycles. The fourth-order valence-corrected chi connectivity index (χ4v) is 7.62. The number of primary amides is 1. The average Bonchev–Trinajstić information content (AvgIpc) is 3.75. The standard InChI is InChI=1S/C46H80N18O9/c47-20-6-3-14-31(40(68)63-35(44(72)73)16-5-8-22-49)61-43(71)36(25-27-26-58-30-13-2-1-11-28(27)30)64-41(69)32(15-4-7-21-48)60-42(70)34(18-19-37(51)65)62-39(67)33(17-10-24-57-46(54)55)59-38(66)29(50)12-9-23-56-45(52)53/h1-2,11,13,26,29,31-36,58H,3-10,12,14-25,47-50H2,(H2,51,65)(H,59,66)(H,60,70)(H,61,71)(H,62,67)(H,63,68)(H,64,69)(H,72,73)(H4,52,53,56)(H4,54,55,57)/t29-,31-,32-,33-,34-,35-,36-/m0/s1. The number of amides is 7. The Morgan fingerprint density at radius 2 is 0.904 bits per heavy atom. The lowest BCUT2D eigenvalue weighted by Gasteiger charge is -2.28. The second-order valence-electron chi connectivity index (χ2n) is 17.6. The van der Waals surface area contributed by atoms with Crippen LogP contribution < -0.4 is 83.5 Å². The van der Waals surface area contributed by atoms with Gasteiger partial charge in [-0.15, -0.1) is 0 Å². The van der Waals surface area contributed by atoms with Crippen LogP contribution in [-0.4, -0.2) is 144 Å². The Kier molecular flexibility index (Phi) is 29.1. The number of carbonyl (C=O) groups is 8. The number of rotatable bonds is 38. The minimum Gasteiger partial charge on any atom is -0.480 e. The molecule has 0 saturated heterocycles. The molecule has 7 amide bonds. The fourth-order valence-electron chi connectivity index (χ4n) is 7.62. The number of nitrogens with zero attached hydrogens (tertiary/aromatic N) is 2. The highest BCUT2D eigenvalue weighted by atomic mass is 16.4. The number of aromatic nitrogens is 1. The number of unbranched alkanes of at least 4 members (excludes halogenated alkanes) is 3. The molecule has 0 aliphatic heterocycles. The lowest BCUT2D eigenvalue weighted by molar-refractivity contribution is -0.142. The number of hydrogen-bond donors (Lipinski definition) is 17. The molecule has 0 bridgehead atoms. The molecule has 2 rings (SSSR count). The third-order valence-electron chi connectivity index (χ3n) is 11.6. The lowest BCUT2D eigenvalue weighted by Crippen LogP contribution is -2.60. The summed E-state index contributed by atoms with van der Waals surface area (Å²) in [5, 5.41) is 26.5. The lowest BCUT2D eigenvalue weighted by atomic mass is 10.0. The number of carbonyl (C=O) groups excluding carboxylic acids is 7. The number of nitrogens with two attached hydrogens (primary N) is 9. The van der Waals surface area contributed by atoms with Gasteiger partial charge in [0.05, 0.1) is 6.04 Å². The van der Waals surface area contributed by atoms with Crippen LogP contribution in [0.5, 0.6) is 0 Å². The van der Waals surface area contributed by atoms with Crippen LogP contribution in [0, 0.1) is 0 Å². The number of hydrogen-bond acceptors (Lipinski definition) is 14. The van der Waals surface area contributed by atoms with Gasteiger partial charge < -0.3 is 93.6 Å². The van der Waals surface area contributed by atoms with E-state index in [4.69, 9.17) is 51.6 Å². The van der Waals surface area contributed by atoms with E-state index in [1.54, 1.807) is 12.3 Å². The van der Waals surface area contributed by atoms with Crippen molar-refractivity contribution in [1.82, 2.24) is 36.9 Å². The van der Waals surface area contributed by atoms with Crippen LogP contribution in [-0.2, 0) is 44.8 Å². The first-order valence-electron chi connectivity index (χ1n) is 24.7. The quantitative estimate of drug-likeness (QED) is 0.0172. The summed E-state index contributed by atoms with van der Waals surface area (Å²) in [6.07, 6.45) is 4.33. The first kappa shape index (κ1) is 62.0. The summed E-state index contributed by atoms with van der Waals surface area (Å²) >= 11 is 0. The summed E-state index contributed by atoms with van der Waals surface area (Å²) in [6, 6.07) is -1.83. The monoisotopic (exact) mass is 1030 g/mol. The van der Waals surface area contributed by atoms with Crippen LogP contribution in [0.25, 0.3) is 10.9 Å². The molecule has 27 nitrogen and oxygen atoms in total. The number of fused-ring (bicyclic) bond motifs is 1. The molecule has 0 unspecified atom stereocenters. The molecule has 0 aliphatic carbocycles. The van der Waals surface area contributed by atoms with Gasteiger partial charge in [-0.2, -0.15) is 0 Å². The van der Waals surface area contributed by atoms with Gasteiger partial charge in [0, 0.05) is 43.0 Å². The van der Waals surface area contributed by atoms with Crippen molar-refractivity contribution in [2.24, 2.45) is 61.6 Å². The third kappa shape index (κ3) is 24.3.